The highest BCUT2D eigenvalue weighted by atomic mass is 32.2. The second-order valence-electron chi connectivity index (χ2n) is 5.91. The second kappa shape index (κ2) is 5.82. The van der Waals surface area contributed by atoms with Crippen molar-refractivity contribution >= 4 is 48.9 Å². The SMILES string of the molecule is Cn1c2cc([S@@](C)=O)sc2c2cnn(Cc3cccc(N)c3)c(=O)c21. The van der Waals surface area contributed by atoms with Crippen LogP contribution >= 0.6 is 11.3 Å². The third-order valence-corrected chi connectivity index (χ3v) is 6.81. The molecule has 0 amide bonds. The van der Waals surface area contributed by atoms with Crippen molar-refractivity contribution in [2.45, 2.75) is 10.8 Å². The highest BCUT2D eigenvalue weighted by Crippen LogP contribution is 2.34. The van der Waals surface area contributed by atoms with Gasteiger partial charge in [0.15, 0.2) is 0 Å². The van der Waals surface area contributed by atoms with E-state index >= 15 is 0 Å². The van der Waals surface area contributed by atoms with Crippen molar-refractivity contribution in [2.75, 3.05) is 12.0 Å². The molecule has 3 heterocycles. The van der Waals surface area contributed by atoms with Crippen LogP contribution in [0.5, 0.6) is 0 Å². The van der Waals surface area contributed by atoms with Crippen molar-refractivity contribution in [1.82, 2.24) is 14.3 Å². The molecule has 2 N–H and O–H groups in total. The van der Waals surface area contributed by atoms with E-state index in [1.54, 1.807) is 12.5 Å². The maximum Gasteiger partial charge on any atom is 0.291 e. The minimum Gasteiger partial charge on any atom is -0.399 e. The summed E-state index contributed by atoms with van der Waals surface area (Å²) in [5, 5.41) is 5.13. The van der Waals surface area contributed by atoms with Gasteiger partial charge in [-0.25, -0.2) is 4.68 Å². The summed E-state index contributed by atoms with van der Waals surface area (Å²) in [4.78, 5) is 12.9. The molecular weight excluding hydrogens is 356 g/mol. The lowest BCUT2D eigenvalue weighted by molar-refractivity contribution is 0.644. The van der Waals surface area contributed by atoms with Gasteiger partial charge in [0.2, 0.25) is 0 Å². The lowest BCUT2D eigenvalue weighted by Crippen LogP contribution is -2.24. The Balaban J connectivity index is 1.89. The van der Waals surface area contributed by atoms with E-state index in [9.17, 15) is 9.00 Å². The average Bonchev–Trinajstić information content (AvgIpc) is 3.10. The Morgan fingerprint density at radius 1 is 1.32 bits per heavy atom. The van der Waals surface area contributed by atoms with Crippen LogP contribution < -0.4 is 11.3 Å². The largest absolute Gasteiger partial charge is 0.399 e. The molecule has 0 saturated carbocycles. The zero-order valence-electron chi connectivity index (χ0n) is 13.7. The summed E-state index contributed by atoms with van der Waals surface area (Å²) in [5.41, 5.74) is 8.75. The molecule has 0 radical (unpaired) electrons. The highest BCUT2D eigenvalue weighted by molar-refractivity contribution is 7.86. The van der Waals surface area contributed by atoms with E-state index in [1.165, 1.54) is 16.0 Å². The van der Waals surface area contributed by atoms with E-state index in [0.717, 1.165) is 25.4 Å². The number of benzene rings is 1. The fourth-order valence-electron chi connectivity index (χ4n) is 3.01. The van der Waals surface area contributed by atoms with E-state index in [0.29, 0.717) is 17.7 Å². The number of nitrogens with zero attached hydrogens (tertiary/aromatic N) is 3. The van der Waals surface area contributed by atoms with Gasteiger partial charge in [-0.1, -0.05) is 12.1 Å². The number of hydrogen-bond donors (Lipinski definition) is 1. The van der Waals surface area contributed by atoms with Crippen molar-refractivity contribution in [3.05, 3.63) is 52.4 Å². The van der Waals surface area contributed by atoms with Crippen molar-refractivity contribution in [3.8, 4) is 0 Å². The quantitative estimate of drug-likeness (QED) is 0.560. The number of aromatic nitrogens is 3. The standard InChI is InChI=1S/C17H16N4O2S2/c1-20-13-7-14(25(2)23)24-16(13)12-8-19-21(17(22)15(12)20)9-10-4-3-5-11(18)6-10/h3-8H,9,18H2,1-2H3/t25-/m1/s1. The molecule has 0 spiro atoms. The molecule has 128 valence electrons. The number of anilines is 1. The number of nitrogen functional groups attached to an aromatic ring is 1. The van der Waals surface area contributed by atoms with Gasteiger partial charge in [-0.05, 0) is 23.8 Å². The number of fused-ring (bicyclic) bond motifs is 3. The molecule has 0 unspecified atom stereocenters. The van der Waals surface area contributed by atoms with Gasteiger partial charge < -0.3 is 10.3 Å². The lowest BCUT2D eigenvalue weighted by Gasteiger charge is -2.06. The summed E-state index contributed by atoms with van der Waals surface area (Å²) in [5.74, 6) is 0. The number of hydrogen-bond acceptors (Lipinski definition) is 5. The minimum atomic E-state index is -1.04. The maximum absolute atomic E-state index is 12.9. The average molecular weight is 372 g/mol. The van der Waals surface area contributed by atoms with Crippen LogP contribution in [-0.2, 0) is 24.4 Å². The van der Waals surface area contributed by atoms with Crippen LogP contribution in [0.3, 0.4) is 0 Å². The Bertz CT molecular complexity index is 1200. The third kappa shape index (κ3) is 2.58. The Kier molecular flexibility index (Phi) is 3.73. The zero-order chi connectivity index (χ0) is 17.7. The van der Waals surface area contributed by atoms with Gasteiger partial charge in [0.1, 0.15) is 5.52 Å². The summed E-state index contributed by atoms with van der Waals surface area (Å²) >= 11 is 1.45. The first kappa shape index (κ1) is 16.0. The van der Waals surface area contributed by atoms with E-state index in [4.69, 9.17) is 5.73 Å². The van der Waals surface area contributed by atoms with Gasteiger partial charge in [0, 0.05) is 24.4 Å². The predicted molar refractivity (Wildman–Crippen MR) is 103 cm³/mol. The topological polar surface area (TPSA) is 82.9 Å². The van der Waals surface area contributed by atoms with Crippen LogP contribution in [0.1, 0.15) is 5.56 Å². The summed E-state index contributed by atoms with van der Waals surface area (Å²) in [6.45, 7) is 0.364. The van der Waals surface area contributed by atoms with Gasteiger partial charge in [0.25, 0.3) is 5.56 Å². The molecule has 0 saturated heterocycles. The van der Waals surface area contributed by atoms with E-state index in [1.807, 2.05) is 41.9 Å². The number of aryl methyl sites for hydroxylation is 1. The van der Waals surface area contributed by atoms with Crippen LogP contribution in [0.4, 0.5) is 5.69 Å². The first-order valence-corrected chi connectivity index (χ1v) is 9.99. The fraction of sp³-hybridized carbons (Fsp3) is 0.176. The summed E-state index contributed by atoms with van der Waals surface area (Å²) in [6.07, 6.45) is 3.37. The Hall–Kier alpha value is -2.45. The van der Waals surface area contributed by atoms with Crippen molar-refractivity contribution in [1.29, 1.82) is 0 Å². The molecule has 1 aromatic carbocycles. The van der Waals surface area contributed by atoms with Crippen LogP contribution in [0, 0.1) is 0 Å². The molecular formula is C17H16N4O2S2. The number of nitrogens with two attached hydrogens (primary N) is 1. The Morgan fingerprint density at radius 2 is 2.12 bits per heavy atom. The smallest absolute Gasteiger partial charge is 0.291 e. The van der Waals surface area contributed by atoms with Crippen LogP contribution in [0.15, 0.2) is 45.5 Å². The molecule has 6 nitrogen and oxygen atoms in total. The molecule has 25 heavy (non-hydrogen) atoms. The lowest BCUT2D eigenvalue weighted by atomic mass is 10.2. The fourth-order valence-corrected chi connectivity index (χ4v) is 4.94. The molecule has 4 rings (SSSR count). The molecule has 4 aromatic rings. The van der Waals surface area contributed by atoms with Gasteiger partial charge in [0.05, 0.1) is 38.0 Å². The van der Waals surface area contributed by atoms with E-state index in [2.05, 4.69) is 5.10 Å². The number of thiophene rings is 1. The zero-order valence-corrected chi connectivity index (χ0v) is 15.4. The van der Waals surface area contributed by atoms with Crippen LogP contribution in [0.2, 0.25) is 0 Å². The summed E-state index contributed by atoms with van der Waals surface area (Å²) in [6, 6.07) is 9.31. The monoisotopic (exact) mass is 372 g/mol. The molecule has 0 aliphatic rings. The van der Waals surface area contributed by atoms with E-state index in [-0.39, 0.29) is 5.56 Å². The minimum absolute atomic E-state index is 0.148. The third-order valence-electron chi connectivity index (χ3n) is 4.22. The van der Waals surface area contributed by atoms with Gasteiger partial charge >= 0.3 is 0 Å². The first-order valence-electron chi connectivity index (χ1n) is 7.61. The molecule has 3 aromatic heterocycles. The van der Waals surface area contributed by atoms with Crippen molar-refractivity contribution < 1.29 is 4.21 Å². The van der Waals surface area contributed by atoms with Crippen molar-refractivity contribution in [3.63, 3.8) is 0 Å². The van der Waals surface area contributed by atoms with Gasteiger partial charge in [-0.3, -0.25) is 9.00 Å². The molecule has 0 fully saturated rings. The molecule has 0 aliphatic heterocycles. The van der Waals surface area contributed by atoms with E-state index < -0.39 is 10.8 Å². The summed E-state index contributed by atoms with van der Waals surface area (Å²) < 4.78 is 16.8. The second-order valence-corrected chi connectivity index (χ2v) is 8.57. The maximum atomic E-state index is 12.9. The van der Waals surface area contributed by atoms with Crippen molar-refractivity contribution in [2.24, 2.45) is 7.05 Å². The molecule has 8 heteroatoms. The predicted octanol–water partition coefficient (Wildman–Crippen LogP) is 2.32. The molecule has 1 atom stereocenters. The van der Waals surface area contributed by atoms with Gasteiger partial charge in [-0.2, -0.15) is 5.10 Å². The Labute approximate surface area is 149 Å². The molecule has 0 bridgehead atoms. The summed E-state index contributed by atoms with van der Waals surface area (Å²) in [7, 11) is 0.813. The molecule has 0 aliphatic carbocycles. The highest BCUT2D eigenvalue weighted by Gasteiger charge is 2.17. The normalized spacial score (nSPS) is 12.9. The van der Waals surface area contributed by atoms with Crippen LogP contribution in [0.25, 0.3) is 21.1 Å². The first-order chi connectivity index (χ1) is 12.0. The Morgan fingerprint density at radius 3 is 2.84 bits per heavy atom. The number of rotatable bonds is 3. The van der Waals surface area contributed by atoms with Gasteiger partial charge in [-0.15, -0.1) is 11.3 Å². The van der Waals surface area contributed by atoms with Crippen LogP contribution in [-0.4, -0.2) is 24.8 Å².